The van der Waals surface area contributed by atoms with E-state index in [4.69, 9.17) is 9.15 Å². The number of ether oxygens (including phenoxy) is 1. The molecule has 0 saturated carbocycles. The largest absolute Gasteiger partial charge is 0.461 e. The first-order chi connectivity index (χ1) is 9.51. The molecule has 2 heterocycles. The van der Waals surface area contributed by atoms with Crippen molar-refractivity contribution in [2.75, 3.05) is 6.61 Å². The lowest BCUT2D eigenvalue weighted by atomic mass is 10.5. The smallest absolute Gasteiger partial charge is 0.360 e. The van der Waals surface area contributed by atoms with Gasteiger partial charge >= 0.3 is 17.1 Å². The lowest BCUT2D eigenvalue weighted by molar-refractivity contribution is 0.0519. The van der Waals surface area contributed by atoms with Gasteiger partial charge in [-0.1, -0.05) is 0 Å². The van der Waals surface area contributed by atoms with Crippen molar-refractivity contribution in [1.82, 2.24) is 19.7 Å². The fourth-order valence-electron chi connectivity index (χ4n) is 1.23. The van der Waals surface area contributed by atoms with Crippen LogP contribution in [0.4, 0.5) is 0 Å². The van der Waals surface area contributed by atoms with E-state index < -0.39 is 17.1 Å². The number of aromatic nitrogens is 4. The molecule has 2 aromatic heterocycles. The summed E-state index contributed by atoms with van der Waals surface area (Å²) in [5.41, 5.74) is -1.72. The fraction of sp³-hybridized carbons (Fsp3) is 0.300. The molecule has 0 aliphatic heterocycles. The molecule has 0 aliphatic carbocycles. The van der Waals surface area contributed by atoms with E-state index >= 15 is 0 Å². The topological polar surface area (TPSA) is 120 Å². The van der Waals surface area contributed by atoms with Crippen molar-refractivity contribution in [2.45, 2.75) is 17.3 Å². The molecule has 0 atom stereocenters. The number of carbonyl (C=O) groups is 1. The monoisotopic (exact) mass is 298 g/mol. The summed E-state index contributed by atoms with van der Waals surface area (Å²) in [5, 5.41) is 2.55. The highest BCUT2D eigenvalue weighted by Crippen LogP contribution is 2.23. The van der Waals surface area contributed by atoms with E-state index in [-0.39, 0.29) is 22.7 Å². The van der Waals surface area contributed by atoms with E-state index in [0.717, 1.165) is 18.0 Å². The minimum atomic E-state index is -0.914. The van der Waals surface area contributed by atoms with Gasteiger partial charge in [0.2, 0.25) is 0 Å². The van der Waals surface area contributed by atoms with Gasteiger partial charge in [0.1, 0.15) is 6.26 Å². The lowest BCUT2D eigenvalue weighted by Crippen LogP contribution is -2.33. The Kier molecular flexibility index (Phi) is 4.03. The molecule has 0 bridgehead atoms. The first kappa shape index (κ1) is 14.1. The van der Waals surface area contributed by atoms with Crippen molar-refractivity contribution in [3.63, 3.8) is 0 Å². The Labute approximate surface area is 116 Å². The van der Waals surface area contributed by atoms with Crippen molar-refractivity contribution >= 4 is 17.7 Å². The Balaban J connectivity index is 2.23. The Morgan fingerprint density at radius 2 is 2.25 bits per heavy atom. The molecule has 0 radical (unpaired) electrons. The van der Waals surface area contributed by atoms with Crippen LogP contribution in [-0.2, 0) is 11.8 Å². The molecular formula is C10H10N4O5S. The van der Waals surface area contributed by atoms with Crippen LogP contribution in [0.3, 0.4) is 0 Å². The van der Waals surface area contributed by atoms with E-state index in [1.807, 2.05) is 0 Å². The van der Waals surface area contributed by atoms with Gasteiger partial charge in [0.25, 0.3) is 5.22 Å². The Morgan fingerprint density at radius 1 is 1.50 bits per heavy atom. The van der Waals surface area contributed by atoms with Crippen LogP contribution >= 0.6 is 11.8 Å². The van der Waals surface area contributed by atoms with Crippen molar-refractivity contribution in [1.29, 1.82) is 0 Å². The summed E-state index contributed by atoms with van der Waals surface area (Å²) in [6.07, 6.45) is 1.14. The van der Waals surface area contributed by atoms with Crippen molar-refractivity contribution < 1.29 is 13.9 Å². The average Bonchev–Trinajstić information content (AvgIpc) is 2.85. The predicted molar refractivity (Wildman–Crippen MR) is 66.7 cm³/mol. The summed E-state index contributed by atoms with van der Waals surface area (Å²) in [4.78, 5) is 41.1. The van der Waals surface area contributed by atoms with Crippen LogP contribution in [0.5, 0.6) is 0 Å². The van der Waals surface area contributed by atoms with Crippen molar-refractivity contribution in [3.05, 3.63) is 32.7 Å². The molecule has 0 aromatic carbocycles. The summed E-state index contributed by atoms with van der Waals surface area (Å²) in [6, 6.07) is 0. The normalized spacial score (nSPS) is 10.5. The number of aryl methyl sites for hydroxylation is 1. The lowest BCUT2D eigenvalue weighted by Gasteiger charge is -2.02. The Bertz CT molecular complexity index is 747. The SMILES string of the molecule is CCOC(=O)c1coc(Sc2nc(=O)c(=O)[nH]n2C)n1. The molecule has 0 unspecified atom stereocenters. The second-order valence-corrected chi connectivity index (χ2v) is 4.44. The minimum absolute atomic E-state index is 0.0174. The fourth-order valence-corrected chi connectivity index (χ4v) is 1.94. The van der Waals surface area contributed by atoms with E-state index in [1.165, 1.54) is 11.7 Å². The van der Waals surface area contributed by atoms with Crippen LogP contribution in [0, 0.1) is 0 Å². The zero-order chi connectivity index (χ0) is 14.7. The molecule has 0 spiro atoms. The third-order valence-corrected chi connectivity index (χ3v) is 3.00. The number of nitrogens with zero attached hydrogens (tertiary/aromatic N) is 3. The maximum atomic E-state index is 11.4. The van der Waals surface area contributed by atoms with Gasteiger partial charge in [-0.2, -0.15) is 9.97 Å². The molecule has 9 nitrogen and oxygen atoms in total. The zero-order valence-corrected chi connectivity index (χ0v) is 11.4. The Hall–Kier alpha value is -2.36. The number of hydrogen-bond acceptors (Lipinski definition) is 8. The van der Waals surface area contributed by atoms with Gasteiger partial charge in [0.05, 0.1) is 6.61 Å². The molecule has 20 heavy (non-hydrogen) atoms. The van der Waals surface area contributed by atoms with Crippen LogP contribution < -0.4 is 11.1 Å². The molecule has 0 saturated heterocycles. The first-order valence-corrected chi connectivity index (χ1v) is 6.30. The molecule has 2 aromatic rings. The highest BCUT2D eigenvalue weighted by Gasteiger charge is 2.15. The van der Waals surface area contributed by atoms with Gasteiger partial charge in [0.15, 0.2) is 10.9 Å². The quantitative estimate of drug-likeness (QED) is 0.607. The van der Waals surface area contributed by atoms with Gasteiger partial charge in [-0.15, -0.1) is 0 Å². The average molecular weight is 298 g/mol. The molecular weight excluding hydrogens is 288 g/mol. The first-order valence-electron chi connectivity index (χ1n) is 5.49. The number of hydrogen-bond donors (Lipinski definition) is 1. The van der Waals surface area contributed by atoms with E-state index in [0.29, 0.717) is 0 Å². The molecule has 106 valence electrons. The second-order valence-electron chi connectivity index (χ2n) is 3.52. The minimum Gasteiger partial charge on any atom is -0.461 e. The number of aromatic amines is 1. The number of oxazole rings is 1. The summed E-state index contributed by atoms with van der Waals surface area (Å²) >= 11 is 0.890. The third kappa shape index (κ3) is 2.96. The van der Waals surface area contributed by atoms with Crippen molar-refractivity contribution in [2.24, 2.45) is 7.05 Å². The third-order valence-electron chi connectivity index (χ3n) is 2.09. The summed E-state index contributed by atoms with van der Waals surface area (Å²) in [7, 11) is 1.51. The van der Waals surface area contributed by atoms with Gasteiger partial charge in [-0.25, -0.2) is 4.79 Å². The highest BCUT2D eigenvalue weighted by molar-refractivity contribution is 7.98. The van der Waals surface area contributed by atoms with Crippen LogP contribution in [0.1, 0.15) is 17.4 Å². The van der Waals surface area contributed by atoms with Crippen LogP contribution in [0.15, 0.2) is 30.6 Å². The van der Waals surface area contributed by atoms with E-state index in [9.17, 15) is 14.4 Å². The molecule has 0 fully saturated rings. The molecule has 2 rings (SSSR count). The number of H-pyrrole nitrogens is 1. The predicted octanol–water partition coefficient (Wildman–Crippen LogP) is -0.216. The van der Waals surface area contributed by atoms with E-state index in [2.05, 4.69) is 15.1 Å². The second kappa shape index (κ2) is 5.74. The number of nitrogens with one attached hydrogen (secondary N) is 1. The van der Waals surface area contributed by atoms with Gasteiger partial charge < -0.3 is 9.15 Å². The number of carbonyl (C=O) groups excluding carboxylic acids is 1. The van der Waals surface area contributed by atoms with Gasteiger partial charge in [0, 0.05) is 18.8 Å². The molecule has 0 amide bonds. The number of esters is 1. The standard InChI is InChI=1S/C10H10N4O5S/c1-3-18-8(17)5-4-19-10(11-5)20-9-12-6(15)7(16)13-14(9)2/h4H,3H2,1-2H3,(H,13,16). The summed E-state index contributed by atoms with van der Waals surface area (Å²) in [6.45, 7) is 1.90. The van der Waals surface area contributed by atoms with Gasteiger partial charge in [-0.05, 0) is 6.92 Å². The molecule has 0 aliphatic rings. The molecule has 1 N–H and O–H groups in total. The maximum Gasteiger partial charge on any atom is 0.360 e. The highest BCUT2D eigenvalue weighted by atomic mass is 32.2. The van der Waals surface area contributed by atoms with Crippen molar-refractivity contribution in [3.8, 4) is 0 Å². The van der Waals surface area contributed by atoms with Crippen LogP contribution in [-0.4, -0.2) is 32.3 Å². The summed E-state index contributed by atoms with van der Waals surface area (Å²) < 4.78 is 11.1. The summed E-state index contributed by atoms with van der Waals surface area (Å²) in [5.74, 6) is -0.605. The van der Waals surface area contributed by atoms with Crippen LogP contribution in [0.2, 0.25) is 0 Å². The maximum absolute atomic E-state index is 11.4. The van der Waals surface area contributed by atoms with Gasteiger partial charge in [-0.3, -0.25) is 19.4 Å². The Morgan fingerprint density at radius 3 is 2.95 bits per heavy atom. The van der Waals surface area contributed by atoms with Crippen LogP contribution in [0.25, 0.3) is 0 Å². The van der Waals surface area contributed by atoms with E-state index in [1.54, 1.807) is 6.92 Å². The zero-order valence-electron chi connectivity index (χ0n) is 10.6. The molecule has 10 heteroatoms. The number of rotatable bonds is 4.